The summed E-state index contributed by atoms with van der Waals surface area (Å²) in [5, 5.41) is 9.25. The number of hydrogen-bond donors (Lipinski definition) is 0. The largest absolute Gasteiger partial charge is 0.497 e. The van der Waals surface area contributed by atoms with E-state index in [1.54, 1.807) is 30.3 Å². The Morgan fingerprint density at radius 3 is 2.67 bits per heavy atom. The number of allylic oxidation sites excluding steroid dienone is 1. The first-order chi connectivity index (χ1) is 10.2. The molecule has 0 bridgehead atoms. The number of Topliss-reactive ketones (excluding diaryl/α,β-unsaturated/α-hetero) is 1. The Hall–Kier alpha value is -2.38. The maximum absolute atomic E-state index is 12.4. The van der Waals surface area contributed by atoms with Crippen LogP contribution in [-0.2, 0) is 0 Å². The van der Waals surface area contributed by atoms with Crippen molar-refractivity contribution in [1.82, 2.24) is 0 Å². The maximum Gasteiger partial charge on any atom is 0.203 e. The molecule has 0 heterocycles. The number of hydrogen-bond acceptors (Lipinski definition) is 3. The fraction of sp³-hybridized carbons (Fsp3) is 0.0588. The smallest absolute Gasteiger partial charge is 0.203 e. The average molecular weight is 342 g/mol. The van der Waals surface area contributed by atoms with Gasteiger partial charge in [-0.3, -0.25) is 4.79 Å². The highest BCUT2D eigenvalue weighted by atomic mass is 79.9. The summed E-state index contributed by atoms with van der Waals surface area (Å²) in [6, 6.07) is 16.1. The van der Waals surface area contributed by atoms with E-state index in [2.05, 4.69) is 15.9 Å². The first-order valence-corrected chi connectivity index (χ1v) is 7.00. The van der Waals surface area contributed by atoms with Gasteiger partial charge in [-0.25, -0.2) is 0 Å². The molecular formula is C17H12BrNO2. The lowest BCUT2D eigenvalue weighted by atomic mass is 10.0. The molecule has 2 aromatic rings. The molecule has 0 aliphatic heterocycles. The van der Waals surface area contributed by atoms with Crippen molar-refractivity contribution in [3.63, 3.8) is 0 Å². The van der Waals surface area contributed by atoms with E-state index >= 15 is 0 Å². The number of nitrogens with zero attached hydrogens (tertiary/aromatic N) is 1. The van der Waals surface area contributed by atoms with Crippen molar-refractivity contribution in [2.45, 2.75) is 0 Å². The van der Waals surface area contributed by atoms with Crippen molar-refractivity contribution in [1.29, 1.82) is 5.26 Å². The number of carbonyl (C=O) groups is 1. The van der Waals surface area contributed by atoms with Gasteiger partial charge in [-0.2, -0.15) is 5.26 Å². The fourth-order valence-electron chi connectivity index (χ4n) is 1.82. The van der Waals surface area contributed by atoms with Crippen LogP contribution in [-0.4, -0.2) is 12.9 Å². The molecule has 0 atom stereocenters. The molecule has 0 aliphatic carbocycles. The number of benzene rings is 2. The monoisotopic (exact) mass is 341 g/mol. The summed E-state index contributed by atoms with van der Waals surface area (Å²) in [7, 11) is 1.53. The number of nitriles is 1. The summed E-state index contributed by atoms with van der Waals surface area (Å²) in [6.07, 6.45) is 1.58. The molecule has 0 saturated heterocycles. The second-order valence-electron chi connectivity index (χ2n) is 4.25. The average Bonchev–Trinajstić information content (AvgIpc) is 2.53. The van der Waals surface area contributed by atoms with Crippen molar-refractivity contribution in [3.8, 4) is 11.8 Å². The quantitative estimate of drug-likeness (QED) is 0.474. The molecule has 0 spiro atoms. The second-order valence-corrected chi connectivity index (χ2v) is 5.11. The lowest BCUT2D eigenvalue weighted by Gasteiger charge is -2.04. The summed E-state index contributed by atoms with van der Waals surface area (Å²) in [4.78, 5) is 12.4. The van der Waals surface area contributed by atoms with Crippen LogP contribution in [0.2, 0.25) is 0 Å². The first kappa shape index (κ1) is 15.0. The molecule has 3 nitrogen and oxygen atoms in total. The van der Waals surface area contributed by atoms with Crippen LogP contribution in [0, 0.1) is 11.3 Å². The summed E-state index contributed by atoms with van der Waals surface area (Å²) >= 11 is 3.40. The molecule has 0 fully saturated rings. The zero-order valence-corrected chi connectivity index (χ0v) is 12.9. The molecule has 2 rings (SSSR count). The topological polar surface area (TPSA) is 50.1 Å². The number of rotatable bonds is 4. The molecule has 21 heavy (non-hydrogen) atoms. The lowest BCUT2D eigenvalue weighted by Crippen LogP contribution is -2.02. The van der Waals surface area contributed by atoms with Gasteiger partial charge in [-0.1, -0.05) is 46.3 Å². The van der Waals surface area contributed by atoms with E-state index in [0.29, 0.717) is 11.3 Å². The van der Waals surface area contributed by atoms with Gasteiger partial charge in [0.1, 0.15) is 17.4 Å². The van der Waals surface area contributed by atoms with E-state index in [0.717, 1.165) is 10.0 Å². The molecule has 0 saturated carbocycles. The van der Waals surface area contributed by atoms with Gasteiger partial charge in [-0.05, 0) is 29.8 Å². The minimum absolute atomic E-state index is 0.0788. The van der Waals surface area contributed by atoms with Gasteiger partial charge in [0.25, 0.3) is 0 Å². The van der Waals surface area contributed by atoms with Gasteiger partial charge in [0.05, 0.1) is 7.11 Å². The Labute approximate surface area is 131 Å². The third kappa shape index (κ3) is 3.59. The molecule has 104 valence electrons. The third-order valence-electron chi connectivity index (χ3n) is 2.90. The highest BCUT2D eigenvalue weighted by molar-refractivity contribution is 9.10. The molecule has 0 amide bonds. The van der Waals surface area contributed by atoms with Crippen LogP contribution in [0.3, 0.4) is 0 Å². The zero-order valence-electron chi connectivity index (χ0n) is 11.3. The predicted molar refractivity (Wildman–Crippen MR) is 85.1 cm³/mol. The third-order valence-corrected chi connectivity index (χ3v) is 3.62. The zero-order chi connectivity index (χ0) is 15.2. The van der Waals surface area contributed by atoms with Crippen LogP contribution < -0.4 is 4.74 Å². The van der Waals surface area contributed by atoms with Crippen LogP contribution in [0.1, 0.15) is 15.9 Å². The molecule has 4 heteroatoms. The lowest BCUT2D eigenvalue weighted by molar-refractivity contribution is 0.103. The Morgan fingerprint density at radius 2 is 2.00 bits per heavy atom. The minimum Gasteiger partial charge on any atom is -0.497 e. The van der Waals surface area contributed by atoms with E-state index < -0.39 is 0 Å². The van der Waals surface area contributed by atoms with Crippen molar-refractivity contribution >= 4 is 27.8 Å². The Balaban J connectivity index is 2.40. The SMILES string of the molecule is COc1cccc(C(=O)/C(C#N)=C\c2ccccc2Br)c1. The van der Waals surface area contributed by atoms with Crippen LogP contribution in [0.25, 0.3) is 6.08 Å². The summed E-state index contributed by atoms with van der Waals surface area (Å²) in [5.41, 5.74) is 1.29. The molecule has 0 aromatic heterocycles. The van der Waals surface area contributed by atoms with E-state index in [1.165, 1.54) is 7.11 Å². The van der Waals surface area contributed by atoms with Crippen LogP contribution in [0.4, 0.5) is 0 Å². The highest BCUT2D eigenvalue weighted by Gasteiger charge is 2.13. The Kier molecular flexibility index (Phi) is 4.91. The molecule has 0 aliphatic rings. The summed E-state index contributed by atoms with van der Waals surface area (Å²) in [5.74, 6) is 0.256. The predicted octanol–water partition coefficient (Wildman–Crippen LogP) is 4.25. The number of ether oxygens (including phenoxy) is 1. The van der Waals surface area contributed by atoms with Gasteiger partial charge in [0.2, 0.25) is 5.78 Å². The highest BCUT2D eigenvalue weighted by Crippen LogP contribution is 2.21. The number of halogens is 1. The number of ketones is 1. The van der Waals surface area contributed by atoms with Gasteiger partial charge in [0, 0.05) is 10.0 Å². The van der Waals surface area contributed by atoms with E-state index in [-0.39, 0.29) is 11.4 Å². The Bertz CT molecular complexity index is 744. The van der Waals surface area contributed by atoms with E-state index in [9.17, 15) is 10.1 Å². The van der Waals surface area contributed by atoms with Crippen molar-refractivity contribution in [2.24, 2.45) is 0 Å². The summed E-state index contributed by atoms with van der Waals surface area (Å²) < 4.78 is 5.92. The van der Waals surface area contributed by atoms with Crippen molar-refractivity contribution in [2.75, 3.05) is 7.11 Å². The normalized spacial score (nSPS) is 10.8. The number of carbonyl (C=O) groups excluding carboxylic acids is 1. The second kappa shape index (κ2) is 6.87. The van der Waals surface area contributed by atoms with Crippen LogP contribution in [0.5, 0.6) is 5.75 Å². The van der Waals surface area contributed by atoms with Crippen LogP contribution >= 0.6 is 15.9 Å². The Morgan fingerprint density at radius 1 is 1.24 bits per heavy atom. The van der Waals surface area contributed by atoms with Gasteiger partial charge < -0.3 is 4.74 Å². The summed E-state index contributed by atoms with van der Waals surface area (Å²) in [6.45, 7) is 0. The number of methoxy groups -OCH3 is 1. The van der Waals surface area contributed by atoms with Gasteiger partial charge in [-0.15, -0.1) is 0 Å². The fourth-order valence-corrected chi connectivity index (χ4v) is 2.22. The van der Waals surface area contributed by atoms with Crippen LogP contribution in [0.15, 0.2) is 58.6 Å². The molecule has 0 unspecified atom stereocenters. The maximum atomic E-state index is 12.4. The van der Waals surface area contributed by atoms with E-state index in [1.807, 2.05) is 30.3 Å². The van der Waals surface area contributed by atoms with Gasteiger partial charge in [0.15, 0.2) is 0 Å². The molecule has 2 aromatic carbocycles. The van der Waals surface area contributed by atoms with Crippen molar-refractivity contribution in [3.05, 3.63) is 69.7 Å². The molecular weight excluding hydrogens is 330 g/mol. The first-order valence-electron chi connectivity index (χ1n) is 6.21. The van der Waals surface area contributed by atoms with E-state index in [4.69, 9.17) is 4.74 Å². The molecule has 0 N–H and O–H groups in total. The van der Waals surface area contributed by atoms with Crippen molar-refractivity contribution < 1.29 is 9.53 Å². The molecule has 0 radical (unpaired) electrons. The minimum atomic E-state index is -0.327. The van der Waals surface area contributed by atoms with Gasteiger partial charge >= 0.3 is 0 Å². The standard InChI is InChI=1S/C17H12BrNO2/c1-21-15-7-4-6-13(10-15)17(20)14(11-19)9-12-5-2-3-8-16(12)18/h2-10H,1H3/b14-9-.